The Morgan fingerprint density at radius 1 is 1.04 bits per heavy atom. The molecule has 0 amide bonds. The van der Waals surface area contributed by atoms with Gasteiger partial charge in [0.05, 0.1) is 6.10 Å². The monoisotopic (exact) mass is 313 g/mol. The molecule has 126 valence electrons. The highest BCUT2D eigenvalue weighted by atomic mass is 16.3. The van der Waals surface area contributed by atoms with E-state index >= 15 is 0 Å². The first kappa shape index (κ1) is 18.0. The first-order chi connectivity index (χ1) is 10.8. The fraction of sp³-hybridized carbons (Fsp3) is 0.524. The molecule has 1 N–H and O–H groups in total. The molecule has 0 fully saturated rings. The maximum absolute atomic E-state index is 10.3. The molecule has 2 aromatic carbocycles. The lowest BCUT2D eigenvalue weighted by Gasteiger charge is -2.23. The van der Waals surface area contributed by atoms with Crippen LogP contribution in [-0.4, -0.2) is 29.7 Å². The van der Waals surface area contributed by atoms with Crippen molar-refractivity contribution in [3.8, 4) is 0 Å². The molecular formula is C21H31NO. The molecule has 2 aromatic rings. The number of hydrogen-bond donors (Lipinski definition) is 1. The number of likely N-dealkylation sites (N-methyl/N-ethyl adjacent to an activating group) is 1. The number of aliphatic hydroxyl groups is 1. The molecule has 2 rings (SSSR count). The summed E-state index contributed by atoms with van der Waals surface area (Å²) in [7, 11) is 2.09. The van der Waals surface area contributed by atoms with Crippen LogP contribution in [-0.2, 0) is 6.54 Å². The zero-order valence-electron chi connectivity index (χ0n) is 15.0. The van der Waals surface area contributed by atoms with Gasteiger partial charge >= 0.3 is 0 Å². The maximum Gasteiger partial charge on any atom is 0.0667 e. The minimum atomic E-state index is -0.239. The molecule has 0 bridgehead atoms. The summed E-state index contributed by atoms with van der Waals surface area (Å²) in [5, 5.41) is 12.9. The fourth-order valence-electron chi connectivity index (χ4n) is 3.10. The largest absolute Gasteiger partial charge is 0.392 e. The summed E-state index contributed by atoms with van der Waals surface area (Å²) < 4.78 is 0. The predicted octanol–water partition coefficient (Wildman–Crippen LogP) is 4.85. The van der Waals surface area contributed by atoms with Crippen molar-refractivity contribution in [2.75, 3.05) is 13.6 Å². The van der Waals surface area contributed by atoms with E-state index in [0.717, 1.165) is 32.4 Å². The smallest absolute Gasteiger partial charge is 0.0667 e. The Morgan fingerprint density at radius 3 is 2.48 bits per heavy atom. The van der Waals surface area contributed by atoms with Gasteiger partial charge in [-0.1, -0.05) is 69.7 Å². The summed E-state index contributed by atoms with van der Waals surface area (Å²) in [6.07, 6.45) is 2.90. The molecule has 0 aliphatic heterocycles. The van der Waals surface area contributed by atoms with E-state index < -0.39 is 0 Å². The lowest BCUT2D eigenvalue weighted by atomic mass is 9.89. The second kappa shape index (κ2) is 7.94. The summed E-state index contributed by atoms with van der Waals surface area (Å²) in [6.45, 7) is 8.37. The minimum absolute atomic E-state index is 0.239. The van der Waals surface area contributed by atoms with Crippen molar-refractivity contribution in [3.63, 3.8) is 0 Å². The quantitative estimate of drug-likeness (QED) is 0.790. The number of benzene rings is 2. The molecule has 0 saturated carbocycles. The molecular weight excluding hydrogens is 282 g/mol. The zero-order chi connectivity index (χ0) is 16.9. The van der Waals surface area contributed by atoms with Gasteiger partial charge in [0, 0.05) is 13.1 Å². The van der Waals surface area contributed by atoms with Crippen LogP contribution < -0.4 is 0 Å². The summed E-state index contributed by atoms with van der Waals surface area (Å²) >= 11 is 0. The lowest BCUT2D eigenvalue weighted by Crippen LogP contribution is -2.29. The van der Waals surface area contributed by atoms with Gasteiger partial charge in [-0.25, -0.2) is 0 Å². The van der Waals surface area contributed by atoms with Crippen molar-refractivity contribution in [1.29, 1.82) is 0 Å². The van der Waals surface area contributed by atoms with Crippen LogP contribution in [0.3, 0.4) is 0 Å². The van der Waals surface area contributed by atoms with E-state index in [1.165, 1.54) is 16.3 Å². The number of aliphatic hydroxyl groups excluding tert-OH is 1. The highest BCUT2D eigenvalue weighted by Gasteiger charge is 2.13. The first-order valence-corrected chi connectivity index (χ1v) is 8.68. The van der Waals surface area contributed by atoms with Crippen molar-refractivity contribution in [3.05, 3.63) is 48.0 Å². The van der Waals surface area contributed by atoms with Crippen LogP contribution in [0.4, 0.5) is 0 Å². The second-order valence-electron chi connectivity index (χ2n) is 7.94. The highest BCUT2D eigenvalue weighted by Crippen LogP contribution is 2.23. The molecule has 1 unspecified atom stereocenters. The molecule has 0 aliphatic carbocycles. The zero-order valence-corrected chi connectivity index (χ0v) is 15.0. The van der Waals surface area contributed by atoms with Crippen LogP contribution in [0.15, 0.2) is 42.5 Å². The van der Waals surface area contributed by atoms with E-state index in [1.54, 1.807) is 0 Å². The molecule has 0 aromatic heterocycles. The second-order valence-corrected chi connectivity index (χ2v) is 7.94. The van der Waals surface area contributed by atoms with Crippen molar-refractivity contribution < 1.29 is 5.11 Å². The minimum Gasteiger partial charge on any atom is -0.392 e. The molecule has 0 spiro atoms. The van der Waals surface area contributed by atoms with Crippen molar-refractivity contribution in [1.82, 2.24) is 4.90 Å². The summed E-state index contributed by atoms with van der Waals surface area (Å²) in [5.41, 5.74) is 1.68. The molecule has 0 saturated heterocycles. The van der Waals surface area contributed by atoms with Crippen molar-refractivity contribution in [2.24, 2.45) is 5.41 Å². The lowest BCUT2D eigenvalue weighted by molar-refractivity contribution is 0.109. The molecule has 1 atom stereocenters. The van der Waals surface area contributed by atoms with Gasteiger partial charge in [0.25, 0.3) is 0 Å². The van der Waals surface area contributed by atoms with Crippen molar-refractivity contribution in [2.45, 2.75) is 52.7 Å². The molecule has 0 heterocycles. The Kier molecular flexibility index (Phi) is 6.20. The topological polar surface area (TPSA) is 23.5 Å². The molecule has 2 heteroatoms. The van der Waals surface area contributed by atoms with Gasteiger partial charge in [-0.2, -0.15) is 0 Å². The third-order valence-corrected chi connectivity index (χ3v) is 4.31. The summed E-state index contributed by atoms with van der Waals surface area (Å²) in [4.78, 5) is 2.23. The van der Waals surface area contributed by atoms with Crippen LogP contribution in [0.25, 0.3) is 10.8 Å². The molecule has 0 radical (unpaired) electrons. The van der Waals surface area contributed by atoms with Gasteiger partial charge in [0.2, 0.25) is 0 Å². The Labute approximate surface area is 141 Å². The van der Waals surface area contributed by atoms with E-state index in [4.69, 9.17) is 0 Å². The van der Waals surface area contributed by atoms with Gasteiger partial charge in [-0.15, -0.1) is 0 Å². The SMILES string of the molecule is CN(Cc1cccc2ccccc12)CC(O)CCCC(C)(C)C. The standard InChI is InChI=1S/C21H31NO/c1-21(2,3)14-8-12-19(23)16-22(4)15-18-11-7-10-17-9-5-6-13-20(17)18/h5-7,9-11,13,19,23H,8,12,14-16H2,1-4H3. The van der Waals surface area contributed by atoms with Gasteiger partial charge in [0.15, 0.2) is 0 Å². The van der Waals surface area contributed by atoms with Crippen molar-refractivity contribution >= 4 is 10.8 Å². The molecule has 2 nitrogen and oxygen atoms in total. The Morgan fingerprint density at radius 2 is 1.74 bits per heavy atom. The summed E-state index contributed by atoms with van der Waals surface area (Å²) in [5.74, 6) is 0. The van der Waals surface area contributed by atoms with Gasteiger partial charge in [0.1, 0.15) is 0 Å². The normalized spacial score (nSPS) is 13.7. The Hall–Kier alpha value is -1.38. The Bertz CT molecular complexity index is 609. The van der Waals surface area contributed by atoms with Gasteiger partial charge in [-0.05, 0) is 41.6 Å². The van der Waals surface area contributed by atoms with E-state index in [9.17, 15) is 5.11 Å². The highest BCUT2D eigenvalue weighted by molar-refractivity contribution is 5.85. The molecule has 23 heavy (non-hydrogen) atoms. The van der Waals surface area contributed by atoms with E-state index in [0.29, 0.717) is 5.41 Å². The van der Waals surface area contributed by atoms with Crippen LogP contribution in [0, 0.1) is 5.41 Å². The van der Waals surface area contributed by atoms with Crippen LogP contribution in [0.2, 0.25) is 0 Å². The maximum atomic E-state index is 10.3. The average Bonchev–Trinajstić information content (AvgIpc) is 2.46. The van der Waals surface area contributed by atoms with Gasteiger partial charge < -0.3 is 5.11 Å². The van der Waals surface area contributed by atoms with Gasteiger partial charge in [-0.3, -0.25) is 4.90 Å². The third kappa shape index (κ3) is 5.96. The number of rotatable bonds is 7. The van der Waals surface area contributed by atoms with E-state index in [-0.39, 0.29) is 6.10 Å². The van der Waals surface area contributed by atoms with Crippen LogP contribution >= 0.6 is 0 Å². The van der Waals surface area contributed by atoms with Crippen LogP contribution in [0.1, 0.15) is 45.6 Å². The first-order valence-electron chi connectivity index (χ1n) is 8.68. The van der Waals surface area contributed by atoms with E-state index in [1.807, 2.05) is 0 Å². The average molecular weight is 313 g/mol. The Balaban J connectivity index is 1.87. The number of fused-ring (bicyclic) bond motifs is 1. The third-order valence-electron chi connectivity index (χ3n) is 4.31. The van der Waals surface area contributed by atoms with Crippen LogP contribution in [0.5, 0.6) is 0 Å². The number of hydrogen-bond acceptors (Lipinski definition) is 2. The fourth-order valence-corrected chi connectivity index (χ4v) is 3.10. The van der Waals surface area contributed by atoms with E-state index in [2.05, 4.69) is 75.2 Å². The molecule has 0 aliphatic rings. The number of nitrogens with zero attached hydrogens (tertiary/aromatic N) is 1. The summed E-state index contributed by atoms with van der Waals surface area (Å²) in [6, 6.07) is 15.0. The predicted molar refractivity (Wildman–Crippen MR) is 99.6 cm³/mol.